The first-order valence-corrected chi connectivity index (χ1v) is 8.32. The van der Waals surface area contributed by atoms with E-state index < -0.39 is 17.7 Å². The third-order valence-electron chi connectivity index (χ3n) is 3.68. The summed E-state index contributed by atoms with van der Waals surface area (Å²) in [6.45, 7) is 1.94. The molecule has 0 saturated heterocycles. The molecule has 1 aromatic heterocycles. The maximum Gasteiger partial charge on any atom is 0.339 e. The molecular weight excluding hydrogens is 341 g/mol. The van der Waals surface area contributed by atoms with E-state index in [0.29, 0.717) is 5.56 Å². The van der Waals surface area contributed by atoms with Crippen LogP contribution in [0.2, 0.25) is 0 Å². The van der Waals surface area contributed by atoms with Gasteiger partial charge in [-0.05, 0) is 30.7 Å². The summed E-state index contributed by atoms with van der Waals surface area (Å²) in [5.41, 5.74) is 2.51. The first-order valence-electron chi connectivity index (χ1n) is 7.44. The van der Waals surface area contributed by atoms with E-state index in [4.69, 9.17) is 0 Å². The minimum atomic E-state index is -1.13. The Hall–Kier alpha value is -2.99. The van der Waals surface area contributed by atoms with Gasteiger partial charge in [-0.2, -0.15) is 0 Å². The minimum Gasteiger partial charge on any atom is -0.478 e. The van der Waals surface area contributed by atoms with E-state index in [1.807, 2.05) is 31.2 Å². The number of carboxylic acids is 1. The van der Waals surface area contributed by atoms with Gasteiger partial charge in [-0.25, -0.2) is 9.18 Å². The zero-order valence-corrected chi connectivity index (χ0v) is 14.1. The lowest BCUT2D eigenvalue weighted by Crippen LogP contribution is -2.13. The normalized spacial score (nSPS) is 10.5. The van der Waals surface area contributed by atoms with Crippen LogP contribution in [0.25, 0.3) is 11.1 Å². The summed E-state index contributed by atoms with van der Waals surface area (Å²) in [4.78, 5) is 24.0. The number of rotatable bonds is 4. The first-order chi connectivity index (χ1) is 12.0. The molecule has 0 spiro atoms. The zero-order valence-electron chi connectivity index (χ0n) is 13.2. The van der Waals surface area contributed by atoms with Crippen LogP contribution in [0.4, 0.5) is 9.39 Å². The molecule has 0 radical (unpaired) electrons. The van der Waals surface area contributed by atoms with Gasteiger partial charge >= 0.3 is 5.97 Å². The van der Waals surface area contributed by atoms with Gasteiger partial charge in [-0.15, -0.1) is 11.3 Å². The number of hydrogen-bond acceptors (Lipinski definition) is 3. The Morgan fingerprint density at radius 1 is 1.12 bits per heavy atom. The van der Waals surface area contributed by atoms with Crippen molar-refractivity contribution >= 4 is 28.2 Å². The summed E-state index contributed by atoms with van der Waals surface area (Å²) in [6.07, 6.45) is 0. The maximum absolute atomic E-state index is 13.3. The number of thiophene rings is 1. The fourth-order valence-electron chi connectivity index (χ4n) is 2.41. The number of aryl methyl sites for hydroxylation is 1. The standard InChI is InChI=1S/C19H14FNO3S/c1-11-5-7-12(8-6-11)15-10-25-18(16(15)19(23)24)21-17(22)13-3-2-4-14(20)9-13/h2-10H,1H3,(H,21,22)(H,23,24). The molecule has 0 aliphatic carbocycles. The smallest absolute Gasteiger partial charge is 0.339 e. The number of carboxylic acid groups (broad SMARTS) is 1. The monoisotopic (exact) mass is 355 g/mol. The molecule has 2 aromatic carbocycles. The molecule has 25 heavy (non-hydrogen) atoms. The summed E-state index contributed by atoms with van der Waals surface area (Å²) < 4.78 is 13.3. The Kier molecular flexibility index (Phi) is 4.63. The molecule has 0 fully saturated rings. The van der Waals surface area contributed by atoms with Gasteiger partial charge in [0.15, 0.2) is 0 Å². The van der Waals surface area contributed by atoms with Crippen molar-refractivity contribution in [3.05, 3.63) is 76.4 Å². The SMILES string of the molecule is Cc1ccc(-c2csc(NC(=O)c3cccc(F)c3)c2C(=O)O)cc1. The molecule has 0 saturated carbocycles. The lowest BCUT2D eigenvalue weighted by molar-refractivity contribution is 0.0699. The predicted molar refractivity (Wildman–Crippen MR) is 95.8 cm³/mol. The topological polar surface area (TPSA) is 66.4 Å². The molecule has 0 bridgehead atoms. The highest BCUT2D eigenvalue weighted by Crippen LogP contribution is 2.36. The summed E-state index contributed by atoms with van der Waals surface area (Å²) in [5, 5.41) is 14.1. The van der Waals surface area contributed by atoms with Crippen LogP contribution in [-0.2, 0) is 0 Å². The molecule has 3 aromatic rings. The molecule has 6 heteroatoms. The van der Waals surface area contributed by atoms with Crippen LogP contribution in [0.15, 0.2) is 53.9 Å². The lowest BCUT2D eigenvalue weighted by atomic mass is 10.0. The number of aromatic carboxylic acids is 1. The molecule has 1 heterocycles. The Morgan fingerprint density at radius 3 is 2.48 bits per heavy atom. The van der Waals surface area contributed by atoms with Crippen molar-refractivity contribution in [1.82, 2.24) is 0 Å². The van der Waals surface area contributed by atoms with Crippen LogP contribution in [0.5, 0.6) is 0 Å². The lowest BCUT2D eigenvalue weighted by Gasteiger charge is -2.06. The van der Waals surface area contributed by atoms with Crippen molar-refractivity contribution in [2.45, 2.75) is 6.92 Å². The van der Waals surface area contributed by atoms with Crippen molar-refractivity contribution in [2.24, 2.45) is 0 Å². The van der Waals surface area contributed by atoms with E-state index in [1.165, 1.54) is 18.2 Å². The predicted octanol–water partition coefficient (Wildman–Crippen LogP) is 4.81. The van der Waals surface area contributed by atoms with Crippen molar-refractivity contribution in [1.29, 1.82) is 0 Å². The first kappa shape index (κ1) is 16.9. The molecule has 3 rings (SSSR count). The molecule has 1 amide bonds. The van der Waals surface area contributed by atoms with Gasteiger partial charge < -0.3 is 10.4 Å². The van der Waals surface area contributed by atoms with Gasteiger partial charge in [0, 0.05) is 16.5 Å². The summed E-state index contributed by atoms with van der Waals surface area (Å²) in [6, 6.07) is 12.7. The van der Waals surface area contributed by atoms with Crippen LogP contribution < -0.4 is 5.32 Å². The molecule has 0 atom stereocenters. The zero-order chi connectivity index (χ0) is 18.0. The van der Waals surface area contributed by atoms with E-state index in [-0.39, 0.29) is 16.1 Å². The number of halogens is 1. The molecule has 126 valence electrons. The highest BCUT2D eigenvalue weighted by Gasteiger charge is 2.21. The van der Waals surface area contributed by atoms with Crippen LogP contribution in [0.1, 0.15) is 26.3 Å². The molecule has 0 aliphatic rings. The van der Waals surface area contributed by atoms with Crippen molar-refractivity contribution in [2.75, 3.05) is 5.32 Å². The fraction of sp³-hybridized carbons (Fsp3) is 0.0526. The van der Waals surface area contributed by atoms with E-state index in [0.717, 1.165) is 28.5 Å². The maximum atomic E-state index is 13.3. The Bertz CT molecular complexity index is 948. The summed E-state index contributed by atoms with van der Waals surface area (Å²) >= 11 is 1.12. The van der Waals surface area contributed by atoms with Crippen LogP contribution in [-0.4, -0.2) is 17.0 Å². The number of carbonyl (C=O) groups excluding carboxylic acids is 1. The number of benzene rings is 2. The van der Waals surface area contributed by atoms with Gasteiger partial charge in [0.25, 0.3) is 5.91 Å². The Balaban J connectivity index is 1.96. The third-order valence-corrected chi connectivity index (χ3v) is 4.58. The summed E-state index contributed by atoms with van der Waals surface area (Å²) in [7, 11) is 0. The van der Waals surface area contributed by atoms with Crippen LogP contribution in [0, 0.1) is 12.7 Å². The van der Waals surface area contributed by atoms with Crippen molar-refractivity contribution in [3.8, 4) is 11.1 Å². The largest absolute Gasteiger partial charge is 0.478 e. The number of hydrogen-bond donors (Lipinski definition) is 2. The molecule has 0 unspecified atom stereocenters. The van der Waals surface area contributed by atoms with Crippen molar-refractivity contribution < 1.29 is 19.1 Å². The van der Waals surface area contributed by atoms with Gasteiger partial charge in [0.2, 0.25) is 0 Å². The highest BCUT2D eigenvalue weighted by atomic mass is 32.1. The van der Waals surface area contributed by atoms with E-state index in [9.17, 15) is 19.1 Å². The third kappa shape index (κ3) is 3.59. The fourth-order valence-corrected chi connectivity index (χ4v) is 3.37. The average Bonchev–Trinajstić information content (AvgIpc) is 2.99. The number of amides is 1. The quantitative estimate of drug-likeness (QED) is 0.705. The van der Waals surface area contributed by atoms with E-state index in [2.05, 4.69) is 5.32 Å². The molecule has 4 nitrogen and oxygen atoms in total. The van der Waals surface area contributed by atoms with E-state index in [1.54, 1.807) is 5.38 Å². The van der Waals surface area contributed by atoms with Crippen LogP contribution >= 0.6 is 11.3 Å². The van der Waals surface area contributed by atoms with Crippen LogP contribution in [0.3, 0.4) is 0 Å². The second-order valence-corrected chi connectivity index (χ2v) is 6.37. The van der Waals surface area contributed by atoms with Gasteiger partial charge in [0.05, 0.1) is 0 Å². The number of nitrogens with one attached hydrogen (secondary N) is 1. The second kappa shape index (κ2) is 6.86. The number of carbonyl (C=O) groups is 2. The molecular formula is C19H14FNO3S. The number of anilines is 1. The molecule has 2 N–H and O–H groups in total. The minimum absolute atomic E-state index is 0.0265. The Labute approximate surface area is 147 Å². The van der Waals surface area contributed by atoms with Gasteiger partial charge in [-0.1, -0.05) is 35.9 Å². The second-order valence-electron chi connectivity index (χ2n) is 5.49. The Morgan fingerprint density at radius 2 is 1.84 bits per heavy atom. The van der Waals surface area contributed by atoms with E-state index >= 15 is 0 Å². The van der Waals surface area contributed by atoms with Gasteiger partial charge in [0.1, 0.15) is 16.4 Å². The van der Waals surface area contributed by atoms with Crippen molar-refractivity contribution in [3.63, 3.8) is 0 Å². The highest BCUT2D eigenvalue weighted by molar-refractivity contribution is 7.15. The van der Waals surface area contributed by atoms with Gasteiger partial charge in [-0.3, -0.25) is 4.79 Å². The average molecular weight is 355 g/mol. The molecule has 0 aliphatic heterocycles. The summed E-state index contributed by atoms with van der Waals surface area (Å²) in [5.74, 6) is -2.22.